The lowest BCUT2D eigenvalue weighted by atomic mass is 10.0. The van der Waals surface area contributed by atoms with Crippen molar-refractivity contribution in [3.05, 3.63) is 29.6 Å². The summed E-state index contributed by atoms with van der Waals surface area (Å²) in [5, 5.41) is 5.32. The van der Waals surface area contributed by atoms with E-state index in [-0.39, 0.29) is 5.91 Å². The highest BCUT2D eigenvalue weighted by atomic mass is 19.1. The van der Waals surface area contributed by atoms with Crippen molar-refractivity contribution in [1.82, 2.24) is 10.6 Å². The van der Waals surface area contributed by atoms with Crippen LogP contribution >= 0.6 is 0 Å². The molecular weight excluding hydrogens is 211 g/mol. The monoisotopic (exact) mass is 226 g/mol. The van der Waals surface area contributed by atoms with Crippen molar-refractivity contribution < 1.29 is 13.9 Å². The van der Waals surface area contributed by atoms with Gasteiger partial charge in [-0.1, -0.05) is 0 Å². The zero-order valence-electron chi connectivity index (χ0n) is 9.50. The van der Waals surface area contributed by atoms with E-state index in [9.17, 15) is 9.18 Å². The van der Waals surface area contributed by atoms with Gasteiger partial charge in [-0.25, -0.2) is 4.39 Å². The second-order valence-electron chi connectivity index (χ2n) is 3.22. The van der Waals surface area contributed by atoms with Gasteiger partial charge in [-0.3, -0.25) is 4.79 Å². The van der Waals surface area contributed by atoms with E-state index in [0.717, 1.165) is 0 Å². The summed E-state index contributed by atoms with van der Waals surface area (Å²) < 4.78 is 18.2. The lowest BCUT2D eigenvalue weighted by molar-refractivity contribution is -0.122. The average Bonchev–Trinajstić information content (AvgIpc) is 2.30. The zero-order chi connectivity index (χ0) is 12.1. The minimum absolute atomic E-state index is 0.244. The summed E-state index contributed by atoms with van der Waals surface area (Å²) in [5.74, 6) is -0.171. The lowest BCUT2D eigenvalue weighted by Gasteiger charge is -2.17. The molecule has 0 spiro atoms. The molecule has 0 saturated heterocycles. The van der Waals surface area contributed by atoms with Gasteiger partial charge in [-0.2, -0.15) is 0 Å². The van der Waals surface area contributed by atoms with E-state index in [1.54, 1.807) is 7.05 Å². The van der Waals surface area contributed by atoms with Gasteiger partial charge in [0.15, 0.2) is 0 Å². The Balaban J connectivity index is 3.17. The first kappa shape index (κ1) is 12.4. The number of methoxy groups -OCH3 is 1. The molecule has 0 aliphatic rings. The Labute approximate surface area is 93.8 Å². The molecule has 1 aromatic carbocycles. The molecule has 0 heterocycles. The van der Waals surface area contributed by atoms with Crippen molar-refractivity contribution in [2.75, 3.05) is 21.2 Å². The highest BCUT2D eigenvalue weighted by Crippen LogP contribution is 2.25. The summed E-state index contributed by atoms with van der Waals surface area (Å²) in [5.41, 5.74) is 0.476. The Hall–Kier alpha value is -1.62. The Bertz CT molecular complexity index is 382. The van der Waals surface area contributed by atoms with E-state index >= 15 is 0 Å². The number of carbonyl (C=O) groups is 1. The number of nitrogens with one attached hydrogen (secondary N) is 2. The smallest absolute Gasteiger partial charge is 0.241 e. The Morgan fingerprint density at radius 3 is 2.62 bits per heavy atom. The van der Waals surface area contributed by atoms with Gasteiger partial charge in [-0.05, 0) is 25.2 Å². The number of carbonyl (C=O) groups excluding carboxylic acids is 1. The number of amides is 1. The van der Waals surface area contributed by atoms with E-state index in [1.165, 1.54) is 32.4 Å². The Morgan fingerprint density at radius 1 is 1.44 bits per heavy atom. The van der Waals surface area contributed by atoms with Crippen LogP contribution in [0.3, 0.4) is 0 Å². The zero-order valence-corrected chi connectivity index (χ0v) is 9.50. The fourth-order valence-electron chi connectivity index (χ4n) is 1.50. The number of ether oxygens (including phenoxy) is 1. The van der Waals surface area contributed by atoms with Gasteiger partial charge in [0.05, 0.1) is 7.11 Å². The molecule has 4 nitrogen and oxygen atoms in total. The van der Waals surface area contributed by atoms with E-state index in [4.69, 9.17) is 4.74 Å². The minimum Gasteiger partial charge on any atom is -0.496 e. The van der Waals surface area contributed by atoms with Gasteiger partial charge in [0.1, 0.15) is 17.6 Å². The molecule has 2 N–H and O–H groups in total. The van der Waals surface area contributed by atoms with Gasteiger partial charge >= 0.3 is 0 Å². The normalized spacial score (nSPS) is 12.0. The van der Waals surface area contributed by atoms with Gasteiger partial charge in [0.25, 0.3) is 0 Å². The molecule has 16 heavy (non-hydrogen) atoms. The standard InChI is InChI=1S/C11H15FN2O2/c1-13-10(11(15)14-2)8-6-7(12)4-5-9(8)16-3/h4-6,10,13H,1-3H3,(H,14,15). The highest BCUT2D eigenvalue weighted by molar-refractivity contribution is 5.83. The average molecular weight is 226 g/mol. The summed E-state index contributed by atoms with van der Waals surface area (Å²) in [6.07, 6.45) is 0. The Morgan fingerprint density at radius 2 is 2.12 bits per heavy atom. The van der Waals surface area contributed by atoms with Crippen LogP contribution in [-0.4, -0.2) is 27.1 Å². The summed E-state index contributed by atoms with van der Waals surface area (Å²) in [4.78, 5) is 11.6. The van der Waals surface area contributed by atoms with Crippen LogP contribution in [0.2, 0.25) is 0 Å². The number of benzene rings is 1. The van der Waals surface area contributed by atoms with Gasteiger partial charge in [-0.15, -0.1) is 0 Å². The molecule has 0 radical (unpaired) electrons. The van der Waals surface area contributed by atoms with Crippen LogP contribution < -0.4 is 15.4 Å². The van der Waals surface area contributed by atoms with Crippen molar-refractivity contribution in [3.8, 4) is 5.75 Å². The predicted octanol–water partition coefficient (Wildman–Crippen LogP) is 0.841. The maximum atomic E-state index is 13.1. The molecule has 1 unspecified atom stereocenters. The summed E-state index contributed by atoms with van der Waals surface area (Å²) in [7, 11) is 4.63. The minimum atomic E-state index is -0.629. The van der Waals surface area contributed by atoms with Crippen LogP contribution in [0, 0.1) is 5.82 Å². The lowest BCUT2D eigenvalue weighted by Crippen LogP contribution is -2.34. The van der Waals surface area contributed by atoms with Gasteiger partial charge in [0.2, 0.25) is 5.91 Å². The number of rotatable bonds is 4. The van der Waals surface area contributed by atoms with Crippen molar-refractivity contribution >= 4 is 5.91 Å². The molecule has 0 aliphatic heterocycles. The molecule has 88 valence electrons. The number of hydrogen-bond acceptors (Lipinski definition) is 3. The van der Waals surface area contributed by atoms with Crippen LogP contribution in [0.5, 0.6) is 5.75 Å². The quantitative estimate of drug-likeness (QED) is 0.800. The Kier molecular flexibility index (Phi) is 4.25. The molecule has 0 bridgehead atoms. The largest absolute Gasteiger partial charge is 0.496 e. The van der Waals surface area contributed by atoms with Gasteiger partial charge in [0, 0.05) is 12.6 Å². The fraction of sp³-hybridized carbons (Fsp3) is 0.364. The molecule has 1 atom stereocenters. The van der Waals surface area contributed by atoms with E-state index in [2.05, 4.69) is 10.6 Å². The molecular formula is C11H15FN2O2. The van der Waals surface area contributed by atoms with Crippen LogP contribution in [0.15, 0.2) is 18.2 Å². The van der Waals surface area contributed by atoms with E-state index < -0.39 is 11.9 Å². The maximum absolute atomic E-state index is 13.1. The van der Waals surface area contributed by atoms with Crippen molar-refractivity contribution in [1.29, 1.82) is 0 Å². The predicted molar refractivity (Wildman–Crippen MR) is 58.8 cm³/mol. The van der Waals surface area contributed by atoms with Crippen LogP contribution in [0.4, 0.5) is 4.39 Å². The maximum Gasteiger partial charge on any atom is 0.241 e. The SMILES string of the molecule is CNC(=O)C(NC)c1cc(F)ccc1OC. The summed E-state index contributed by atoms with van der Waals surface area (Å²) >= 11 is 0. The number of hydrogen-bond donors (Lipinski definition) is 2. The van der Waals surface area contributed by atoms with Crippen LogP contribution in [-0.2, 0) is 4.79 Å². The first-order chi connectivity index (χ1) is 7.63. The third-order valence-electron chi connectivity index (χ3n) is 2.30. The molecule has 5 heteroatoms. The molecule has 0 fully saturated rings. The van der Waals surface area contributed by atoms with Crippen molar-refractivity contribution in [2.24, 2.45) is 0 Å². The summed E-state index contributed by atoms with van der Waals surface area (Å²) in [6.45, 7) is 0. The molecule has 1 rings (SSSR count). The second kappa shape index (κ2) is 5.46. The number of halogens is 1. The molecule has 1 amide bonds. The highest BCUT2D eigenvalue weighted by Gasteiger charge is 2.21. The molecule has 0 aliphatic carbocycles. The third-order valence-corrected chi connectivity index (χ3v) is 2.30. The molecule has 0 aromatic heterocycles. The van der Waals surface area contributed by atoms with Crippen molar-refractivity contribution in [3.63, 3.8) is 0 Å². The number of likely N-dealkylation sites (N-methyl/N-ethyl adjacent to an activating group) is 2. The first-order valence-electron chi connectivity index (χ1n) is 4.86. The van der Waals surface area contributed by atoms with Gasteiger partial charge < -0.3 is 15.4 Å². The fourth-order valence-corrected chi connectivity index (χ4v) is 1.50. The second-order valence-corrected chi connectivity index (χ2v) is 3.22. The van der Waals surface area contributed by atoms with Crippen LogP contribution in [0.1, 0.15) is 11.6 Å². The van der Waals surface area contributed by atoms with Crippen molar-refractivity contribution in [2.45, 2.75) is 6.04 Å². The molecule has 1 aromatic rings. The van der Waals surface area contributed by atoms with E-state index in [1.807, 2.05) is 0 Å². The van der Waals surface area contributed by atoms with E-state index in [0.29, 0.717) is 11.3 Å². The summed E-state index contributed by atoms with van der Waals surface area (Å²) in [6, 6.07) is 3.45. The third kappa shape index (κ3) is 2.49. The first-order valence-corrected chi connectivity index (χ1v) is 4.86. The van der Waals surface area contributed by atoms with Crippen LogP contribution in [0.25, 0.3) is 0 Å². The molecule has 0 saturated carbocycles. The topological polar surface area (TPSA) is 50.4 Å².